The molecule has 186 valence electrons. The molecule has 1 aliphatic rings. The van der Waals surface area contributed by atoms with Crippen molar-refractivity contribution in [1.29, 1.82) is 0 Å². The Labute approximate surface area is 215 Å². The summed E-state index contributed by atoms with van der Waals surface area (Å²) in [6.45, 7) is 0.849. The van der Waals surface area contributed by atoms with Gasteiger partial charge in [0.15, 0.2) is 0 Å². The standard InChI is InChI=1S/C23H23Cl2N3O6S/c1-12-4-2-3-5-14(12)17-9-28(27-26-17)20-21(32)18(10-29)34-23(22(20)33-11-19(30)31)35-13-6-7-15(24)16(25)8-13/h2-9,18,20-23,29,32H,10-11H2,1H3,(H,30,31)/t18-,20+,21+,22-,23-/m1/s1. The Morgan fingerprint density at radius 3 is 2.69 bits per heavy atom. The van der Waals surface area contributed by atoms with Crippen molar-refractivity contribution in [2.24, 2.45) is 0 Å². The Balaban J connectivity index is 1.71. The maximum absolute atomic E-state index is 11.3. The maximum Gasteiger partial charge on any atom is 0.329 e. The average Bonchev–Trinajstić information content (AvgIpc) is 3.30. The number of thioether (sulfide) groups is 1. The number of aliphatic carboxylic acids is 1. The van der Waals surface area contributed by atoms with Crippen LogP contribution in [-0.4, -0.2) is 73.2 Å². The number of ether oxygens (including phenoxy) is 2. The van der Waals surface area contributed by atoms with Crippen LogP contribution < -0.4 is 0 Å². The number of rotatable bonds is 8. The molecule has 2 heterocycles. The highest BCUT2D eigenvalue weighted by Gasteiger charge is 2.48. The van der Waals surface area contributed by atoms with Crippen LogP contribution in [0.3, 0.4) is 0 Å². The molecule has 0 saturated carbocycles. The van der Waals surface area contributed by atoms with E-state index in [-0.39, 0.29) is 0 Å². The summed E-state index contributed by atoms with van der Waals surface area (Å²) in [5.41, 5.74) is 1.62. The highest BCUT2D eigenvalue weighted by atomic mass is 35.5. The second-order valence-electron chi connectivity index (χ2n) is 7.97. The Hall–Kier alpha value is -2.18. The van der Waals surface area contributed by atoms with E-state index in [2.05, 4.69) is 10.3 Å². The lowest BCUT2D eigenvalue weighted by atomic mass is 9.97. The predicted octanol–water partition coefficient (Wildman–Crippen LogP) is 3.44. The van der Waals surface area contributed by atoms with E-state index in [0.29, 0.717) is 20.6 Å². The zero-order chi connectivity index (χ0) is 25.1. The zero-order valence-electron chi connectivity index (χ0n) is 18.5. The van der Waals surface area contributed by atoms with Gasteiger partial charge in [0, 0.05) is 10.5 Å². The van der Waals surface area contributed by atoms with Crippen molar-refractivity contribution in [2.75, 3.05) is 13.2 Å². The van der Waals surface area contributed by atoms with Gasteiger partial charge in [0.05, 0.1) is 22.8 Å². The third-order valence-electron chi connectivity index (χ3n) is 5.60. The lowest BCUT2D eigenvalue weighted by molar-refractivity contribution is -0.196. The van der Waals surface area contributed by atoms with Gasteiger partial charge in [0.25, 0.3) is 0 Å². The van der Waals surface area contributed by atoms with Crippen molar-refractivity contribution in [2.45, 2.75) is 41.6 Å². The molecule has 3 aromatic rings. The average molecular weight is 540 g/mol. The lowest BCUT2D eigenvalue weighted by Gasteiger charge is -2.43. The molecule has 0 amide bonds. The molecule has 0 unspecified atom stereocenters. The predicted molar refractivity (Wildman–Crippen MR) is 131 cm³/mol. The molecule has 0 bridgehead atoms. The van der Waals surface area contributed by atoms with Gasteiger partial charge in [-0.2, -0.15) is 0 Å². The van der Waals surface area contributed by atoms with E-state index in [1.807, 2.05) is 31.2 Å². The number of halogens is 2. The third kappa shape index (κ3) is 5.80. The quantitative estimate of drug-likeness (QED) is 0.394. The van der Waals surface area contributed by atoms with Gasteiger partial charge in [-0.25, -0.2) is 9.48 Å². The fourth-order valence-corrected chi connectivity index (χ4v) is 5.43. The van der Waals surface area contributed by atoms with Crippen molar-refractivity contribution in [1.82, 2.24) is 15.0 Å². The molecule has 0 radical (unpaired) electrons. The molecule has 35 heavy (non-hydrogen) atoms. The van der Waals surface area contributed by atoms with Crippen molar-refractivity contribution < 1.29 is 29.6 Å². The molecule has 1 aliphatic heterocycles. The largest absolute Gasteiger partial charge is 0.480 e. The maximum atomic E-state index is 11.3. The van der Waals surface area contributed by atoms with Gasteiger partial charge < -0.3 is 24.8 Å². The molecule has 3 N–H and O–H groups in total. The van der Waals surface area contributed by atoms with Gasteiger partial charge >= 0.3 is 5.97 Å². The number of carboxylic acid groups (broad SMARTS) is 1. The molecule has 4 rings (SSSR count). The van der Waals surface area contributed by atoms with E-state index >= 15 is 0 Å². The van der Waals surface area contributed by atoms with Gasteiger partial charge in [-0.15, -0.1) is 5.10 Å². The minimum Gasteiger partial charge on any atom is -0.480 e. The molecule has 0 spiro atoms. The third-order valence-corrected chi connectivity index (χ3v) is 7.48. The van der Waals surface area contributed by atoms with Gasteiger partial charge in [-0.1, -0.05) is 64.4 Å². The zero-order valence-corrected chi connectivity index (χ0v) is 20.8. The van der Waals surface area contributed by atoms with Crippen molar-refractivity contribution in [3.8, 4) is 11.3 Å². The molecule has 9 nitrogen and oxygen atoms in total. The summed E-state index contributed by atoms with van der Waals surface area (Å²) in [4.78, 5) is 12.0. The Morgan fingerprint density at radius 1 is 1.23 bits per heavy atom. The number of carboxylic acids is 1. The molecule has 1 fully saturated rings. The topological polar surface area (TPSA) is 127 Å². The van der Waals surface area contributed by atoms with E-state index in [9.17, 15) is 20.1 Å². The van der Waals surface area contributed by atoms with Gasteiger partial charge in [0.2, 0.25) is 0 Å². The number of aryl methyl sites for hydroxylation is 1. The summed E-state index contributed by atoms with van der Waals surface area (Å²) in [6, 6.07) is 11.8. The molecule has 1 saturated heterocycles. The molecule has 0 aliphatic carbocycles. The van der Waals surface area contributed by atoms with Crippen LogP contribution in [0.4, 0.5) is 0 Å². The van der Waals surface area contributed by atoms with Gasteiger partial charge in [0.1, 0.15) is 42.1 Å². The van der Waals surface area contributed by atoms with E-state index in [1.165, 1.54) is 16.4 Å². The van der Waals surface area contributed by atoms with Crippen LogP contribution in [0, 0.1) is 6.92 Å². The van der Waals surface area contributed by atoms with Crippen LogP contribution in [-0.2, 0) is 14.3 Å². The van der Waals surface area contributed by atoms with Gasteiger partial charge in [-0.05, 0) is 30.7 Å². The Kier molecular flexibility index (Phi) is 8.33. The van der Waals surface area contributed by atoms with Crippen molar-refractivity contribution in [3.63, 3.8) is 0 Å². The molecule has 5 atom stereocenters. The number of hydrogen-bond donors (Lipinski definition) is 3. The summed E-state index contributed by atoms with van der Waals surface area (Å²) in [6.07, 6.45) is -1.53. The number of aliphatic hydroxyl groups excluding tert-OH is 2. The summed E-state index contributed by atoms with van der Waals surface area (Å²) >= 11 is 13.4. The number of hydrogen-bond acceptors (Lipinski definition) is 8. The number of carbonyl (C=O) groups is 1. The summed E-state index contributed by atoms with van der Waals surface area (Å²) in [5, 5.41) is 39.4. The second-order valence-corrected chi connectivity index (χ2v) is 9.95. The molecular weight excluding hydrogens is 517 g/mol. The Bertz CT molecular complexity index is 1200. The van der Waals surface area contributed by atoms with Crippen LogP contribution in [0.5, 0.6) is 0 Å². The Morgan fingerprint density at radius 2 is 2.00 bits per heavy atom. The second kappa shape index (κ2) is 11.3. The monoisotopic (exact) mass is 539 g/mol. The minimum absolute atomic E-state index is 0.338. The van der Waals surface area contributed by atoms with Crippen LogP contribution in [0.15, 0.2) is 53.6 Å². The number of nitrogens with zero attached hydrogens (tertiary/aromatic N) is 3. The molecule has 2 aromatic carbocycles. The number of aromatic nitrogens is 3. The first kappa shape index (κ1) is 25.9. The SMILES string of the molecule is Cc1ccccc1-c1cn([C@H]2[C@@H](O)[C@@H](CO)O[C@H](Sc3ccc(Cl)c(Cl)c3)[C@@H]2OCC(=O)O)nn1. The van der Waals surface area contributed by atoms with E-state index in [4.69, 9.17) is 32.7 Å². The van der Waals surface area contributed by atoms with E-state index in [0.717, 1.165) is 11.1 Å². The first-order valence-corrected chi connectivity index (χ1v) is 12.3. The lowest BCUT2D eigenvalue weighted by Crippen LogP contribution is -2.56. The normalized spacial score (nSPS) is 24.4. The van der Waals surface area contributed by atoms with Crippen LogP contribution >= 0.6 is 35.0 Å². The number of benzene rings is 2. The van der Waals surface area contributed by atoms with E-state index < -0.39 is 49.0 Å². The summed E-state index contributed by atoms with van der Waals surface area (Å²) in [5.74, 6) is -1.18. The van der Waals surface area contributed by atoms with Crippen molar-refractivity contribution in [3.05, 3.63) is 64.3 Å². The fraction of sp³-hybridized carbons (Fsp3) is 0.348. The molecule has 1 aromatic heterocycles. The summed E-state index contributed by atoms with van der Waals surface area (Å²) in [7, 11) is 0. The number of aliphatic hydroxyl groups is 2. The highest BCUT2D eigenvalue weighted by molar-refractivity contribution is 7.99. The van der Waals surface area contributed by atoms with E-state index in [1.54, 1.807) is 24.4 Å². The van der Waals surface area contributed by atoms with Crippen LogP contribution in [0.1, 0.15) is 11.6 Å². The van der Waals surface area contributed by atoms with Gasteiger partial charge in [-0.3, -0.25) is 0 Å². The van der Waals surface area contributed by atoms with Crippen LogP contribution in [0.2, 0.25) is 10.0 Å². The van der Waals surface area contributed by atoms with Crippen LogP contribution in [0.25, 0.3) is 11.3 Å². The molecular formula is C23H23Cl2N3O6S. The molecule has 12 heteroatoms. The first-order valence-electron chi connectivity index (χ1n) is 10.7. The summed E-state index contributed by atoms with van der Waals surface area (Å²) < 4.78 is 13.1. The smallest absolute Gasteiger partial charge is 0.329 e. The van der Waals surface area contributed by atoms with Crippen molar-refractivity contribution >= 4 is 40.9 Å². The minimum atomic E-state index is -1.25. The first-order chi connectivity index (χ1) is 16.8. The fourth-order valence-electron chi connectivity index (χ4n) is 3.89. The highest BCUT2D eigenvalue weighted by Crippen LogP contribution is 2.41.